The molecule has 0 nitrogen and oxygen atoms in total. The van der Waals surface area contributed by atoms with Crippen LogP contribution < -0.4 is 0 Å². The van der Waals surface area contributed by atoms with Gasteiger partial charge in [-0.05, 0) is 23.6 Å². The molecule has 0 heterocycles. The third kappa shape index (κ3) is 2.53. The first kappa shape index (κ1) is 12.2. The Morgan fingerprint density at radius 2 is 1.94 bits per heavy atom. The fourth-order valence-corrected chi connectivity index (χ4v) is 2.90. The van der Waals surface area contributed by atoms with Gasteiger partial charge in [0.25, 0.3) is 0 Å². The number of halogens is 1. The van der Waals surface area contributed by atoms with Gasteiger partial charge in [-0.25, -0.2) is 0 Å². The SMILES string of the molecule is C=C/C1=C(\C=C)CC(I)c2ccccc2C#C1. The second-order valence-electron chi connectivity index (χ2n) is 3.86. The van der Waals surface area contributed by atoms with Crippen molar-refractivity contribution >= 4 is 22.6 Å². The van der Waals surface area contributed by atoms with Crippen LogP contribution in [0.15, 0.2) is 60.7 Å². The van der Waals surface area contributed by atoms with Crippen LogP contribution in [0.25, 0.3) is 0 Å². The molecule has 84 valence electrons. The molecule has 0 bridgehead atoms. The van der Waals surface area contributed by atoms with E-state index in [1.165, 1.54) is 11.1 Å². The minimum absolute atomic E-state index is 0.432. The lowest BCUT2D eigenvalue weighted by Gasteiger charge is -2.16. The molecule has 1 heteroatoms. The summed E-state index contributed by atoms with van der Waals surface area (Å²) < 4.78 is 0.432. The number of benzene rings is 1. The molecular formula is C16H13I. The van der Waals surface area contributed by atoms with E-state index in [2.05, 4.69) is 65.8 Å². The van der Waals surface area contributed by atoms with Gasteiger partial charge in [-0.15, -0.1) is 0 Å². The molecule has 0 N–H and O–H groups in total. The molecule has 1 aromatic carbocycles. The number of rotatable bonds is 2. The van der Waals surface area contributed by atoms with Gasteiger partial charge in [0.2, 0.25) is 0 Å². The van der Waals surface area contributed by atoms with E-state index in [0.29, 0.717) is 3.92 Å². The van der Waals surface area contributed by atoms with Crippen LogP contribution >= 0.6 is 22.6 Å². The fourth-order valence-electron chi connectivity index (χ4n) is 1.89. The zero-order valence-electron chi connectivity index (χ0n) is 9.54. The third-order valence-corrected chi connectivity index (χ3v) is 3.94. The van der Waals surface area contributed by atoms with Crippen molar-refractivity contribution in [2.45, 2.75) is 10.3 Å². The van der Waals surface area contributed by atoms with Gasteiger partial charge in [0.05, 0.1) is 0 Å². The Balaban J connectivity index is 2.60. The maximum Gasteiger partial charge on any atom is 0.0412 e. The molecule has 0 radical (unpaired) electrons. The standard InChI is InChI=1S/C16H13I/c1-3-12-9-10-14-7-5-6-8-15(14)16(17)11-13(12)4-2/h3-8,16H,1-2,11H2/b13-12-. The van der Waals surface area contributed by atoms with Gasteiger partial charge < -0.3 is 0 Å². The molecule has 0 aliphatic heterocycles. The minimum atomic E-state index is 0.432. The first-order valence-corrected chi connectivity index (χ1v) is 6.74. The summed E-state index contributed by atoms with van der Waals surface area (Å²) in [6.45, 7) is 7.69. The molecule has 0 amide bonds. The molecule has 1 aromatic rings. The Hall–Kier alpha value is -1.27. The van der Waals surface area contributed by atoms with Crippen molar-refractivity contribution in [1.82, 2.24) is 0 Å². The fraction of sp³-hybridized carbons (Fsp3) is 0.125. The molecule has 1 aliphatic carbocycles. The highest BCUT2D eigenvalue weighted by Gasteiger charge is 2.15. The number of allylic oxidation sites excluding steroid dienone is 4. The van der Waals surface area contributed by atoms with Crippen molar-refractivity contribution in [3.05, 3.63) is 71.8 Å². The van der Waals surface area contributed by atoms with Crippen LogP contribution in [0.3, 0.4) is 0 Å². The Bertz CT molecular complexity index is 552. The van der Waals surface area contributed by atoms with Crippen LogP contribution in [0, 0.1) is 11.8 Å². The highest BCUT2D eigenvalue weighted by molar-refractivity contribution is 14.1. The summed E-state index contributed by atoms with van der Waals surface area (Å²) in [6.07, 6.45) is 4.67. The monoisotopic (exact) mass is 332 g/mol. The van der Waals surface area contributed by atoms with Crippen molar-refractivity contribution in [1.29, 1.82) is 0 Å². The Morgan fingerprint density at radius 3 is 2.65 bits per heavy atom. The summed E-state index contributed by atoms with van der Waals surface area (Å²) in [7, 11) is 0. The Morgan fingerprint density at radius 1 is 1.18 bits per heavy atom. The molecule has 2 rings (SSSR count). The van der Waals surface area contributed by atoms with Gasteiger partial charge in [0, 0.05) is 15.1 Å². The molecule has 0 saturated heterocycles. The summed E-state index contributed by atoms with van der Waals surface area (Å²) in [5, 5.41) is 0. The van der Waals surface area contributed by atoms with E-state index in [1.807, 2.05) is 18.2 Å². The predicted molar refractivity (Wildman–Crippen MR) is 82.1 cm³/mol. The van der Waals surface area contributed by atoms with Gasteiger partial charge in [-0.2, -0.15) is 0 Å². The second-order valence-corrected chi connectivity index (χ2v) is 5.36. The van der Waals surface area contributed by atoms with Gasteiger partial charge in [0.1, 0.15) is 0 Å². The molecular weight excluding hydrogens is 319 g/mol. The van der Waals surface area contributed by atoms with Crippen LogP contribution in [-0.2, 0) is 0 Å². The molecule has 0 spiro atoms. The second kappa shape index (κ2) is 5.37. The average molecular weight is 332 g/mol. The van der Waals surface area contributed by atoms with Gasteiger partial charge in [0.15, 0.2) is 0 Å². The molecule has 0 aromatic heterocycles. The average Bonchev–Trinajstić information content (AvgIpc) is 2.36. The van der Waals surface area contributed by atoms with Crippen molar-refractivity contribution < 1.29 is 0 Å². The summed E-state index contributed by atoms with van der Waals surface area (Å²) in [6, 6.07) is 8.33. The Labute approximate surface area is 116 Å². The van der Waals surface area contributed by atoms with E-state index in [1.54, 1.807) is 0 Å². The van der Waals surface area contributed by atoms with Crippen LogP contribution in [0.5, 0.6) is 0 Å². The molecule has 1 atom stereocenters. The van der Waals surface area contributed by atoms with Crippen molar-refractivity contribution in [3.8, 4) is 11.8 Å². The zero-order valence-corrected chi connectivity index (χ0v) is 11.7. The van der Waals surface area contributed by atoms with Gasteiger partial charge in [-0.3, -0.25) is 0 Å². The van der Waals surface area contributed by atoms with Gasteiger partial charge in [-0.1, -0.05) is 77.9 Å². The predicted octanol–water partition coefficient (Wildman–Crippen LogP) is 4.59. The maximum absolute atomic E-state index is 3.87. The van der Waals surface area contributed by atoms with E-state index >= 15 is 0 Å². The molecule has 17 heavy (non-hydrogen) atoms. The van der Waals surface area contributed by atoms with Crippen LogP contribution in [0.4, 0.5) is 0 Å². The van der Waals surface area contributed by atoms with E-state index in [-0.39, 0.29) is 0 Å². The summed E-state index contributed by atoms with van der Waals surface area (Å²) in [5.74, 6) is 6.42. The third-order valence-electron chi connectivity index (χ3n) is 2.83. The lowest BCUT2D eigenvalue weighted by Crippen LogP contribution is -1.99. The van der Waals surface area contributed by atoms with E-state index < -0.39 is 0 Å². The first-order valence-electron chi connectivity index (χ1n) is 5.49. The molecule has 1 aliphatic rings. The number of fused-ring (bicyclic) bond motifs is 1. The molecule has 0 fully saturated rings. The Kier molecular flexibility index (Phi) is 3.86. The summed E-state index contributed by atoms with van der Waals surface area (Å²) in [4.78, 5) is 0. The minimum Gasteiger partial charge on any atom is -0.0987 e. The van der Waals surface area contributed by atoms with E-state index in [4.69, 9.17) is 0 Å². The largest absolute Gasteiger partial charge is 0.0987 e. The maximum atomic E-state index is 3.87. The highest BCUT2D eigenvalue weighted by atomic mass is 127. The van der Waals surface area contributed by atoms with Crippen LogP contribution in [0.1, 0.15) is 21.5 Å². The quantitative estimate of drug-likeness (QED) is 0.422. The van der Waals surface area contributed by atoms with Crippen LogP contribution in [0.2, 0.25) is 0 Å². The van der Waals surface area contributed by atoms with Crippen molar-refractivity contribution in [2.24, 2.45) is 0 Å². The van der Waals surface area contributed by atoms with Crippen molar-refractivity contribution in [2.75, 3.05) is 0 Å². The molecule has 0 saturated carbocycles. The summed E-state index contributed by atoms with van der Waals surface area (Å²) >= 11 is 2.47. The van der Waals surface area contributed by atoms with Crippen molar-refractivity contribution in [3.63, 3.8) is 0 Å². The number of alkyl halides is 1. The van der Waals surface area contributed by atoms with E-state index in [9.17, 15) is 0 Å². The molecule has 1 unspecified atom stereocenters. The first-order chi connectivity index (χ1) is 8.26. The topological polar surface area (TPSA) is 0 Å². The van der Waals surface area contributed by atoms with Crippen LogP contribution in [-0.4, -0.2) is 0 Å². The smallest absolute Gasteiger partial charge is 0.0412 e. The normalized spacial score (nSPS) is 22.5. The lowest BCUT2D eigenvalue weighted by atomic mass is 9.94. The highest BCUT2D eigenvalue weighted by Crippen LogP contribution is 2.34. The van der Waals surface area contributed by atoms with Gasteiger partial charge >= 0.3 is 0 Å². The zero-order chi connectivity index (χ0) is 12.3. The summed E-state index contributed by atoms with van der Waals surface area (Å²) in [5.41, 5.74) is 4.61. The number of hydrogen-bond donors (Lipinski definition) is 0. The number of hydrogen-bond acceptors (Lipinski definition) is 0. The van der Waals surface area contributed by atoms with E-state index in [0.717, 1.165) is 17.6 Å². The lowest BCUT2D eigenvalue weighted by molar-refractivity contribution is 0.961.